The predicted octanol–water partition coefficient (Wildman–Crippen LogP) is 1.39. The van der Waals surface area contributed by atoms with Gasteiger partial charge in [-0.1, -0.05) is 13.8 Å². The maximum absolute atomic E-state index is 11.7. The molecule has 1 amide bonds. The number of hydrogen-bond acceptors (Lipinski definition) is 3. The fourth-order valence-corrected chi connectivity index (χ4v) is 4.00. The lowest BCUT2D eigenvalue weighted by atomic mass is 9.81. The van der Waals surface area contributed by atoms with E-state index in [1.165, 1.54) is 12.2 Å². The maximum Gasteiger partial charge on any atom is 0.237 e. The summed E-state index contributed by atoms with van der Waals surface area (Å²) in [5, 5.41) is 6.51. The molecule has 4 heteroatoms. The zero-order valence-electron chi connectivity index (χ0n) is 10.2. The van der Waals surface area contributed by atoms with Gasteiger partial charge in [0.2, 0.25) is 5.91 Å². The quantitative estimate of drug-likeness (QED) is 0.769. The number of thioether (sulfide) groups is 1. The summed E-state index contributed by atoms with van der Waals surface area (Å²) in [5.74, 6) is 2.58. The molecule has 2 fully saturated rings. The van der Waals surface area contributed by atoms with Crippen LogP contribution in [0.2, 0.25) is 0 Å². The Morgan fingerprint density at radius 1 is 1.50 bits per heavy atom. The van der Waals surface area contributed by atoms with Gasteiger partial charge in [-0.3, -0.25) is 4.79 Å². The summed E-state index contributed by atoms with van der Waals surface area (Å²) in [5.41, 5.74) is 0.322. The monoisotopic (exact) mass is 242 g/mol. The highest BCUT2D eigenvalue weighted by Gasteiger charge is 2.35. The van der Waals surface area contributed by atoms with Gasteiger partial charge in [0.1, 0.15) is 0 Å². The van der Waals surface area contributed by atoms with Crippen LogP contribution in [-0.2, 0) is 4.79 Å². The van der Waals surface area contributed by atoms with Crippen LogP contribution in [0.1, 0.15) is 33.1 Å². The number of piperidine rings is 1. The normalized spacial score (nSPS) is 34.5. The molecule has 0 saturated carbocycles. The van der Waals surface area contributed by atoms with E-state index in [4.69, 9.17) is 0 Å². The minimum absolute atomic E-state index is 0.0386. The predicted molar refractivity (Wildman–Crippen MR) is 68.7 cm³/mol. The molecule has 2 unspecified atom stereocenters. The van der Waals surface area contributed by atoms with Gasteiger partial charge in [-0.25, -0.2) is 0 Å². The van der Waals surface area contributed by atoms with Gasteiger partial charge in [0.15, 0.2) is 0 Å². The molecule has 3 nitrogen and oxygen atoms in total. The van der Waals surface area contributed by atoms with E-state index < -0.39 is 0 Å². The maximum atomic E-state index is 11.7. The van der Waals surface area contributed by atoms with E-state index in [1.807, 2.05) is 11.8 Å². The summed E-state index contributed by atoms with van der Waals surface area (Å²) >= 11 is 2.00. The van der Waals surface area contributed by atoms with Crippen LogP contribution in [0.4, 0.5) is 0 Å². The van der Waals surface area contributed by atoms with Crippen LogP contribution in [0.15, 0.2) is 0 Å². The first-order valence-corrected chi connectivity index (χ1v) is 7.36. The number of nitrogens with one attached hydrogen (secondary N) is 2. The van der Waals surface area contributed by atoms with E-state index in [-0.39, 0.29) is 11.9 Å². The van der Waals surface area contributed by atoms with Gasteiger partial charge in [0.05, 0.1) is 6.04 Å². The third-order valence-corrected chi connectivity index (χ3v) is 4.87. The summed E-state index contributed by atoms with van der Waals surface area (Å²) in [7, 11) is 0. The summed E-state index contributed by atoms with van der Waals surface area (Å²) in [6, 6.07) is 0.511. The molecule has 2 heterocycles. The van der Waals surface area contributed by atoms with Gasteiger partial charge in [-0.2, -0.15) is 11.8 Å². The Labute approximate surface area is 102 Å². The van der Waals surface area contributed by atoms with Gasteiger partial charge in [-0.15, -0.1) is 0 Å². The second-order valence-electron chi connectivity index (χ2n) is 5.52. The van der Waals surface area contributed by atoms with Gasteiger partial charge in [0.25, 0.3) is 0 Å². The summed E-state index contributed by atoms with van der Waals surface area (Å²) in [4.78, 5) is 11.7. The van der Waals surface area contributed by atoms with Gasteiger partial charge in [-0.05, 0) is 30.4 Å². The second-order valence-corrected chi connectivity index (χ2v) is 6.67. The number of rotatable bonds is 2. The molecule has 2 saturated heterocycles. The molecule has 0 aromatic rings. The molecule has 2 aliphatic rings. The van der Waals surface area contributed by atoms with Gasteiger partial charge >= 0.3 is 0 Å². The van der Waals surface area contributed by atoms with E-state index in [1.54, 1.807) is 0 Å². The molecular formula is C12H22N2OS. The average Bonchev–Trinajstić information content (AvgIpc) is 2.24. The van der Waals surface area contributed by atoms with Crippen LogP contribution in [0.3, 0.4) is 0 Å². The Morgan fingerprint density at radius 3 is 3.00 bits per heavy atom. The fraction of sp³-hybridized carbons (Fsp3) is 0.917. The van der Waals surface area contributed by atoms with Crippen molar-refractivity contribution in [1.29, 1.82) is 0 Å². The highest BCUT2D eigenvalue weighted by atomic mass is 32.2. The van der Waals surface area contributed by atoms with Crippen LogP contribution < -0.4 is 10.6 Å². The number of amides is 1. The molecule has 0 aromatic carbocycles. The Morgan fingerprint density at radius 2 is 2.31 bits per heavy atom. The van der Waals surface area contributed by atoms with Crippen LogP contribution in [0.25, 0.3) is 0 Å². The lowest BCUT2D eigenvalue weighted by Gasteiger charge is -2.41. The molecule has 0 aliphatic carbocycles. The summed E-state index contributed by atoms with van der Waals surface area (Å²) in [6.07, 6.45) is 3.33. The summed E-state index contributed by atoms with van der Waals surface area (Å²) in [6.45, 7) is 5.47. The topological polar surface area (TPSA) is 41.1 Å². The zero-order chi connectivity index (χ0) is 11.6. The Hall–Kier alpha value is -0.220. The lowest BCUT2D eigenvalue weighted by molar-refractivity contribution is -0.124. The Balaban J connectivity index is 1.94. The van der Waals surface area contributed by atoms with Crippen molar-refractivity contribution < 1.29 is 4.79 Å². The van der Waals surface area contributed by atoms with Crippen LogP contribution in [-0.4, -0.2) is 36.0 Å². The summed E-state index contributed by atoms with van der Waals surface area (Å²) < 4.78 is 0. The third-order valence-electron chi connectivity index (χ3n) is 3.81. The van der Waals surface area contributed by atoms with Crippen molar-refractivity contribution in [3.63, 3.8) is 0 Å². The van der Waals surface area contributed by atoms with Crippen molar-refractivity contribution in [2.45, 2.75) is 45.2 Å². The third kappa shape index (κ3) is 2.72. The Bertz CT molecular complexity index is 268. The van der Waals surface area contributed by atoms with E-state index >= 15 is 0 Å². The highest BCUT2D eigenvalue weighted by molar-refractivity contribution is 7.99. The molecule has 16 heavy (non-hydrogen) atoms. The Kier molecular flexibility index (Phi) is 3.80. The highest BCUT2D eigenvalue weighted by Crippen LogP contribution is 2.34. The molecule has 0 bridgehead atoms. The molecule has 2 rings (SSSR count). The molecular weight excluding hydrogens is 220 g/mol. The van der Waals surface area contributed by atoms with Crippen molar-refractivity contribution in [3.05, 3.63) is 0 Å². The van der Waals surface area contributed by atoms with Crippen molar-refractivity contribution in [3.8, 4) is 0 Å². The molecule has 0 radical (unpaired) electrons. The first kappa shape index (κ1) is 12.2. The molecule has 2 N–H and O–H groups in total. The van der Waals surface area contributed by atoms with E-state index in [0.717, 1.165) is 25.1 Å². The van der Waals surface area contributed by atoms with Crippen molar-refractivity contribution >= 4 is 17.7 Å². The van der Waals surface area contributed by atoms with Gasteiger partial charge in [0, 0.05) is 18.3 Å². The molecule has 2 aliphatic heterocycles. The average molecular weight is 242 g/mol. The standard InChI is InChI=1S/C12H22N2OS/c1-12(2)5-7-16-8-10(12)14-9-4-3-6-13-11(9)15/h9-10,14H,3-8H2,1-2H3,(H,13,15). The van der Waals surface area contributed by atoms with Crippen molar-refractivity contribution in [1.82, 2.24) is 10.6 Å². The smallest absolute Gasteiger partial charge is 0.237 e. The van der Waals surface area contributed by atoms with Gasteiger partial charge < -0.3 is 10.6 Å². The largest absolute Gasteiger partial charge is 0.355 e. The van der Waals surface area contributed by atoms with Crippen molar-refractivity contribution in [2.24, 2.45) is 5.41 Å². The van der Waals surface area contributed by atoms with E-state index in [9.17, 15) is 4.79 Å². The minimum Gasteiger partial charge on any atom is -0.355 e. The molecule has 2 atom stereocenters. The number of carbonyl (C=O) groups excluding carboxylic acids is 1. The van der Waals surface area contributed by atoms with E-state index in [2.05, 4.69) is 24.5 Å². The number of hydrogen-bond donors (Lipinski definition) is 2. The zero-order valence-corrected chi connectivity index (χ0v) is 11.0. The van der Waals surface area contributed by atoms with E-state index in [0.29, 0.717) is 11.5 Å². The molecule has 0 aromatic heterocycles. The number of carbonyl (C=O) groups is 1. The second kappa shape index (κ2) is 4.96. The minimum atomic E-state index is 0.0386. The van der Waals surface area contributed by atoms with Crippen LogP contribution >= 0.6 is 11.8 Å². The molecule has 92 valence electrons. The van der Waals surface area contributed by atoms with Crippen LogP contribution in [0, 0.1) is 5.41 Å². The first-order chi connectivity index (χ1) is 7.59. The lowest BCUT2D eigenvalue weighted by Crippen LogP contribution is -2.56. The molecule has 0 spiro atoms. The first-order valence-electron chi connectivity index (χ1n) is 6.21. The van der Waals surface area contributed by atoms with Crippen LogP contribution in [0.5, 0.6) is 0 Å². The fourth-order valence-electron chi connectivity index (χ4n) is 2.38. The SMILES string of the molecule is CC1(C)CCSCC1NC1CCCNC1=O. The van der Waals surface area contributed by atoms with Crippen molar-refractivity contribution in [2.75, 3.05) is 18.1 Å².